The van der Waals surface area contributed by atoms with Crippen molar-refractivity contribution in [1.82, 2.24) is 9.55 Å². The quantitative estimate of drug-likeness (QED) is 0.726. The van der Waals surface area contributed by atoms with E-state index in [-0.39, 0.29) is 5.56 Å². The third kappa shape index (κ3) is 3.61. The maximum absolute atomic E-state index is 12.1. The zero-order valence-electron chi connectivity index (χ0n) is 12.1. The lowest BCUT2D eigenvalue weighted by Gasteiger charge is -2.08. The number of hydrogen-bond acceptors (Lipinski definition) is 3. The molecule has 0 aliphatic carbocycles. The molecule has 0 bridgehead atoms. The predicted octanol–water partition coefficient (Wildman–Crippen LogP) is 2.87. The molecular formula is C18H16N2O2. The maximum atomic E-state index is 12.1. The predicted molar refractivity (Wildman–Crippen MR) is 84.8 cm³/mol. The Hall–Kier alpha value is -2.88. The summed E-state index contributed by atoms with van der Waals surface area (Å²) in [5, 5.41) is 0. The SMILES string of the molecule is O=c1cc(OCc2ccccc2)ncn1Cc1ccccc1. The zero-order chi connectivity index (χ0) is 15.2. The molecule has 110 valence electrons. The number of benzene rings is 2. The Morgan fingerprint density at radius 3 is 2.18 bits per heavy atom. The first-order valence-electron chi connectivity index (χ1n) is 7.08. The van der Waals surface area contributed by atoms with Gasteiger partial charge in [-0.05, 0) is 11.1 Å². The van der Waals surface area contributed by atoms with Crippen molar-refractivity contribution in [1.29, 1.82) is 0 Å². The summed E-state index contributed by atoms with van der Waals surface area (Å²) in [6, 6.07) is 21.0. The number of aromatic nitrogens is 2. The first-order valence-corrected chi connectivity index (χ1v) is 7.08. The molecule has 0 unspecified atom stereocenters. The minimum atomic E-state index is -0.123. The molecule has 0 aliphatic rings. The fourth-order valence-corrected chi connectivity index (χ4v) is 2.12. The van der Waals surface area contributed by atoms with E-state index < -0.39 is 0 Å². The first-order chi connectivity index (χ1) is 10.8. The van der Waals surface area contributed by atoms with Crippen molar-refractivity contribution in [3.8, 4) is 5.88 Å². The van der Waals surface area contributed by atoms with Crippen molar-refractivity contribution in [3.05, 3.63) is 94.5 Å². The molecule has 4 heteroatoms. The molecule has 0 atom stereocenters. The first kappa shape index (κ1) is 14.1. The molecule has 0 spiro atoms. The monoisotopic (exact) mass is 292 g/mol. The summed E-state index contributed by atoms with van der Waals surface area (Å²) in [6.45, 7) is 0.904. The lowest BCUT2D eigenvalue weighted by Crippen LogP contribution is -2.20. The van der Waals surface area contributed by atoms with Crippen molar-refractivity contribution >= 4 is 0 Å². The molecule has 0 fully saturated rings. The van der Waals surface area contributed by atoms with Crippen LogP contribution >= 0.6 is 0 Å². The molecule has 0 N–H and O–H groups in total. The topological polar surface area (TPSA) is 44.1 Å². The van der Waals surface area contributed by atoms with Gasteiger partial charge in [-0.15, -0.1) is 0 Å². The third-order valence-corrected chi connectivity index (χ3v) is 3.28. The van der Waals surface area contributed by atoms with Gasteiger partial charge in [-0.2, -0.15) is 0 Å². The van der Waals surface area contributed by atoms with Gasteiger partial charge in [0.15, 0.2) is 0 Å². The van der Waals surface area contributed by atoms with Crippen LogP contribution in [0.5, 0.6) is 5.88 Å². The van der Waals surface area contributed by atoms with Gasteiger partial charge in [-0.1, -0.05) is 60.7 Å². The number of ether oxygens (including phenoxy) is 1. The van der Waals surface area contributed by atoms with Crippen LogP contribution in [0.15, 0.2) is 77.9 Å². The maximum Gasteiger partial charge on any atom is 0.257 e. The van der Waals surface area contributed by atoms with Crippen LogP contribution in [0.1, 0.15) is 11.1 Å². The fraction of sp³-hybridized carbons (Fsp3) is 0.111. The average Bonchev–Trinajstić information content (AvgIpc) is 2.57. The summed E-state index contributed by atoms with van der Waals surface area (Å²) in [6.07, 6.45) is 1.52. The van der Waals surface area contributed by atoms with E-state index in [1.807, 2.05) is 60.7 Å². The van der Waals surface area contributed by atoms with Crippen molar-refractivity contribution in [2.45, 2.75) is 13.2 Å². The van der Waals surface area contributed by atoms with Gasteiger partial charge >= 0.3 is 0 Å². The second kappa shape index (κ2) is 6.72. The molecule has 0 amide bonds. The minimum Gasteiger partial charge on any atom is -0.473 e. The Morgan fingerprint density at radius 1 is 0.909 bits per heavy atom. The Bertz CT molecular complexity index is 783. The molecule has 1 heterocycles. The van der Waals surface area contributed by atoms with Crippen LogP contribution in [-0.2, 0) is 13.2 Å². The summed E-state index contributed by atoms with van der Waals surface area (Å²) in [7, 11) is 0. The van der Waals surface area contributed by atoms with E-state index in [1.165, 1.54) is 12.4 Å². The molecule has 3 rings (SSSR count). The fourth-order valence-electron chi connectivity index (χ4n) is 2.12. The molecule has 2 aromatic carbocycles. The van der Waals surface area contributed by atoms with Gasteiger partial charge in [-0.3, -0.25) is 9.36 Å². The van der Waals surface area contributed by atoms with E-state index in [4.69, 9.17) is 4.74 Å². The highest BCUT2D eigenvalue weighted by Crippen LogP contribution is 2.07. The van der Waals surface area contributed by atoms with Crippen molar-refractivity contribution in [3.63, 3.8) is 0 Å². The molecule has 22 heavy (non-hydrogen) atoms. The lowest BCUT2D eigenvalue weighted by atomic mass is 10.2. The van der Waals surface area contributed by atoms with Crippen LogP contribution in [0.3, 0.4) is 0 Å². The second-order valence-corrected chi connectivity index (χ2v) is 4.95. The van der Waals surface area contributed by atoms with Gasteiger partial charge in [0, 0.05) is 0 Å². The van der Waals surface area contributed by atoms with Crippen molar-refractivity contribution in [2.75, 3.05) is 0 Å². The highest BCUT2D eigenvalue weighted by Gasteiger charge is 2.02. The Morgan fingerprint density at radius 2 is 1.55 bits per heavy atom. The standard InChI is InChI=1S/C18H16N2O2/c21-18-11-17(22-13-16-9-5-2-6-10-16)19-14-20(18)12-15-7-3-1-4-8-15/h1-11,14H,12-13H2. The molecule has 0 aliphatic heterocycles. The van der Waals surface area contributed by atoms with E-state index >= 15 is 0 Å². The van der Waals surface area contributed by atoms with Crippen LogP contribution < -0.4 is 10.3 Å². The minimum absolute atomic E-state index is 0.123. The lowest BCUT2D eigenvalue weighted by molar-refractivity contribution is 0.291. The average molecular weight is 292 g/mol. The van der Waals surface area contributed by atoms with Crippen LogP contribution in [0.4, 0.5) is 0 Å². The van der Waals surface area contributed by atoms with Gasteiger partial charge in [-0.25, -0.2) is 4.98 Å². The third-order valence-electron chi connectivity index (χ3n) is 3.28. The van der Waals surface area contributed by atoms with E-state index in [1.54, 1.807) is 4.57 Å². The molecular weight excluding hydrogens is 276 g/mol. The van der Waals surface area contributed by atoms with Crippen LogP contribution in [0, 0.1) is 0 Å². The van der Waals surface area contributed by atoms with Crippen molar-refractivity contribution in [2.24, 2.45) is 0 Å². The Kier molecular flexibility index (Phi) is 4.30. The van der Waals surface area contributed by atoms with Crippen molar-refractivity contribution < 1.29 is 4.74 Å². The highest BCUT2D eigenvalue weighted by atomic mass is 16.5. The molecule has 0 saturated carbocycles. The summed E-state index contributed by atoms with van der Waals surface area (Å²) < 4.78 is 7.11. The number of rotatable bonds is 5. The van der Waals surface area contributed by atoms with Gasteiger partial charge in [0.25, 0.3) is 5.56 Å². The highest BCUT2D eigenvalue weighted by molar-refractivity contribution is 5.17. The zero-order valence-corrected chi connectivity index (χ0v) is 12.1. The largest absolute Gasteiger partial charge is 0.473 e. The van der Waals surface area contributed by atoms with E-state index in [0.717, 1.165) is 11.1 Å². The van der Waals surface area contributed by atoms with Crippen LogP contribution in [0.2, 0.25) is 0 Å². The summed E-state index contributed by atoms with van der Waals surface area (Å²) in [5.74, 6) is 0.346. The summed E-state index contributed by atoms with van der Waals surface area (Å²) in [5.41, 5.74) is 1.98. The second-order valence-electron chi connectivity index (χ2n) is 4.95. The number of hydrogen-bond donors (Lipinski definition) is 0. The number of nitrogens with zero attached hydrogens (tertiary/aromatic N) is 2. The van der Waals surface area contributed by atoms with Gasteiger partial charge in [0.2, 0.25) is 5.88 Å². The molecule has 4 nitrogen and oxygen atoms in total. The smallest absolute Gasteiger partial charge is 0.257 e. The van der Waals surface area contributed by atoms with Crippen LogP contribution in [0.25, 0.3) is 0 Å². The summed E-state index contributed by atoms with van der Waals surface area (Å²) in [4.78, 5) is 16.3. The Balaban J connectivity index is 1.68. The van der Waals surface area contributed by atoms with E-state index in [0.29, 0.717) is 19.0 Å². The molecule has 0 saturated heterocycles. The molecule has 0 radical (unpaired) electrons. The van der Waals surface area contributed by atoms with Gasteiger partial charge in [0.1, 0.15) is 12.9 Å². The van der Waals surface area contributed by atoms with Gasteiger partial charge in [0.05, 0.1) is 12.6 Å². The summed E-state index contributed by atoms with van der Waals surface area (Å²) >= 11 is 0. The molecule has 3 aromatic rings. The van der Waals surface area contributed by atoms with Crippen LogP contribution in [-0.4, -0.2) is 9.55 Å². The molecule has 1 aromatic heterocycles. The normalized spacial score (nSPS) is 10.4. The Labute approximate surface area is 128 Å². The van der Waals surface area contributed by atoms with E-state index in [9.17, 15) is 4.79 Å². The van der Waals surface area contributed by atoms with E-state index in [2.05, 4.69) is 4.98 Å². The van der Waals surface area contributed by atoms with Gasteiger partial charge < -0.3 is 4.74 Å².